The summed E-state index contributed by atoms with van der Waals surface area (Å²) in [6.45, 7) is 9.89. The van der Waals surface area contributed by atoms with Gasteiger partial charge >= 0.3 is 5.97 Å². The van der Waals surface area contributed by atoms with Gasteiger partial charge in [0.05, 0.1) is 23.4 Å². The van der Waals surface area contributed by atoms with Crippen LogP contribution in [0.15, 0.2) is 35.3 Å². The highest BCUT2D eigenvalue weighted by molar-refractivity contribution is 6.33. The molecular weight excluding hydrogens is 388 g/mol. The van der Waals surface area contributed by atoms with Crippen LogP contribution in [0.2, 0.25) is 5.02 Å². The van der Waals surface area contributed by atoms with E-state index in [0.717, 1.165) is 24.3 Å². The first-order chi connectivity index (χ1) is 13.7. The Balaban J connectivity index is 2.04. The van der Waals surface area contributed by atoms with Gasteiger partial charge < -0.3 is 14.7 Å². The predicted octanol–water partition coefficient (Wildman–Crippen LogP) is 5.91. The third-order valence-corrected chi connectivity index (χ3v) is 5.92. The molecule has 0 saturated carbocycles. The number of nitrogens with zero attached hydrogens (tertiary/aromatic N) is 2. The number of aliphatic imine (C=N–C) groups is 1. The third-order valence-electron chi connectivity index (χ3n) is 5.59. The van der Waals surface area contributed by atoms with Gasteiger partial charge in [0.15, 0.2) is 0 Å². The fourth-order valence-corrected chi connectivity index (χ4v) is 4.50. The van der Waals surface area contributed by atoms with E-state index in [-0.39, 0.29) is 16.1 Å². The summed E-state index contributed by atoms with van der Waals surface area (Å²) in [5.74, 6) is 0.0766. The van der Waals surface area contributed by atoms with Crippen molar-refractivity contribution in [3.8, 4) is 5.75 Å². The minimum atomic E-state index is -1.07. The van der Waals surface area contributed by atoms with Crippen LogP contribution >= 0.6 is 11.6 Å². The van der Waals surface area contributed by atoms with Gasteiger partial charge in [-0.2, -0.15) is 0 Å². The number of benzene rings is 2. The molecule has 0 bridgehead atoms. The summed E-state index contributed by atoms with van der Waals surface area (Å²) in [6, 6.07) is 8.93. The van der Waals surface area contributed by atoms with Crippen LogP contribution in [0.25, 0.3) is 0 Å². The van der Waals surface area contributed by atoms with Crippen molar-refractivity contribution in [3.63, 3.8) is 0 Å². The molecule has 1 unspecified atom stereocenters. The predicted molar refractivity (Wildman–Crippen MR) is 119 cm³/mol. The zero-order chi connectivity index (χ0) is 21.3. The Morgan fingerprint density at radius 1 is 1.38 bits per heavy atom. The maximum absolute atomic E-state index is 11.3. The van der Waals surface area contributed by atoms with Crippen LogP contribution in [-0.4, -0.2) is 36.5 Å². The maximum Gasteiger partial charge on any atom is 0.337 e. The van der Waals surface area contributed by atoms with Gasteiger partial charge in [0.25, 0.3) is 0 Å². The summed E-state index contributed by atoms with van der Waals surface area (Å²) in [4.78, 5) is 18.2. The lowest BCUT2D eigenvalue weighted by molar-refractivity contribution is 0.0697. The molecule has 0 spiro atoms. The molecule has 6 heteroatoms. The van der Waals surface area contributed by atoms with E-state index in [9.17, 15) is 9.90 Å². The second kappa shape index (κ2) is 8.07. The first kappa shape index (κ1) is 21.2. The molecule has 1 aliphatic rings. The molecule has 2 aromatic carbocycles. The topological polar surface area (TPSA) is 62.1 Å². The largest absolute Gasteiger partial charge is 0.496 e. The molecule has 0 aromatic heterocycles. The number of carbonyl (C=O) groups is 1. The fourth-order valence-electron chi connectivity index (χ4n) is 4.31. The molecule has 154 valence electrons. The first-order valence-electron chi connectivity index (χ1n) is 9.74. The van der Waals surface area contributed by atoms with Gasteiger partial charge in [-0.25, -0.2) is 4.79 Å². The molecular formula is C23H27ClN2O3. The maximum atomic E-state index is 11.3. The summed E-state index contributed by atoms with van der Waals surface area (Å²) in [5.41, 5.74) is 3.98. The van der Waals surface area contributed by atoms with E-state index < -0.39 is 5.97 Å². The van der Waals surface area contributed by atoms with Gasteiger partial charge in [-0.05, 0) is 62.9 Å². The van der Waals surface area contributed by atoms with Crippen molar-refractivity contribution in [3.05, 3.63) is 52.0 Å². The molecule has 29 heavy (non-hydrogen) atoms. The zero-order valence-corrected chi connectivity index (χ0v) is 18.2. The Bertz CT molecular complexity index is 969. The molecule has 0 radical (unpaired) electrons. The molecule has 2 aromatic rings. The van der Waals surface area contributed by atoms with E-state index in [1.54, 1.807) is 25.5 Å². The van der Waals surface area contributed by atoms with Gasteiger partial charge in [0, 0.05) is 35.6 Å². The summed E-state index contributed by atoms with van der Waals surface area (Å²) in [6.07, 6.45) is 2.78. The molecule has 1 heterocycles. The van der Waals surface area contributed by atoms with Gasteiger partial charge in [0.2, 0.25) is 0 Å². The number of hydrogen-bond donors (Lipinski definition) is 1. The summed E-state index contributed by atoms with van der Waals surface area (Å²) < 4.78 is 5.64. The number of hydrogen-bond acceptors (Lipinski definition) is 4. The standard InChI is InChI=1S/C23H27ClN2O3/c1-6-26-20-11-21(29-5)15(9-17(20)14(2)12-23(26,3)4)13-25-16-7-8-19(24)18(10-16)22(27)28/h7-11,13-14H,6,12H2,1-5H3,(H,27,28). The Hall–Kier alpha value is -2.53. The van der Waals surface area contributed by atoms with E-state index in [1.807, 2.05) is 0 Å². The van der Waals surface area contributed by atoms with Crippen molar-refractivity contribution in [2.45, 2.75) is 45.6 Å². The van der Waals surface area contributed by atoms with Gasteiger partial charge in [-0.3, -0.25) is 4.99 Å². The number of halogens is 1. The van der Waals surface area contributed by atoms with E-state index >= 15 is 0 Å². The lowest BCUT2D eigenvalue weighted by Crippen LogP contribution is -2.48. The van der Waals surface area contributed by atoms with Crippen molar-refractivity contribution in [2.24, 2.45) is 4.99 Å². The molecule has 3 rings (SSSR count). The molecule has 1 aliphatic heterocycles. The lowest BCUT2D eigenvalue weighted by atomic mass is 9.79. The van der Waals surface area contributed by atoms with E-state index in [1.165, 1.54) is 17.3 Å². The van der Waals surface area contributed by atoms with Gasteiger partial charge in [-0.1, -0.05) is 18.5 Å². The van der Waals surface area contributed by atoms with E-state index in [2.05, 4.69) is 49.7 Å². The average molecular weight is 415 g/mol. The molecule has 0 fully saturated rings. The van der Waals surface area contributed by atoms with Crippen molar-refractivity contribution in [1.29, 1.82) is 0 Å². The number of ether oxygens (including phenoxy) is 1. The van der Waals surface area contributed by atoms with Gasteiger partial charge in [-0.15, -0.1) is 0 Å². The summed E-state index contributed by atoms with van der Waals surface area (Å²) >= 11 is 5.94. The van der Waals surface area contributed by atoms with Crippen LogP contribution in [0.3, 0.4) is 0 Å². The number of fused-ring (bicyclic) bond motifs is 1. The van der Waals surface area contributed by atoms with Crippen LogP contribution in [0.4, 0.5) is 11.4 Å². The fraction of sp³-hybridized carbons (Fsp3) is 0.391. The highest BCUT2D eigenvalue weighted by Gasteiger charge is 2.36. The van der Waals surface area contributed by atoms with Crippen molar-refractivity contribution >= 4 is 35.2 Å². The number of carboxylic acid groups (broad SMARTS) is 1. The minimum absolute atomic E-state index is 0.0353. The molecule has 1 N–H and O–H groups in total. The average Bonchev–Trinajstić information content (AvgIpc) is 2.66. The van der Waals surface area contributed by atoms with Crippen LogP contribution in [0.5, 0.6) is 5.75 Å². The number of anilines is 1. The first-order valence-corrected chi connectivity index (χ1v) is 10.1. The highest BCUT2D eigenvalue weighted by atomic mass is 35.5. The molecule has 5 nitrogen and oxygen atoms in total. The van der Waals surface area contributed by atoms with Crippen molar-refractivity contribution in [2.75, 3.05) is 18.6 Å². The molecule has 0 amide bonds. The Labute approximate surface area is 177 Å². The van der Waals surface area contributed by atoms with Crippen LogP contribution in [0, 0.1) is 0 Å². The highest BCUT2D eigenvalue weighted by Crippen LogP contribution is 2.45. The lowest BCUT2D eigenvalue weighted by Gasteiger charge is -2.47. The third kappa shape index (κ3) is 4.10. The smallest absolute Gasteiger partial charge is 0.337 e. The van der Waals surface area contributed by atoms with Crippen molar-refractivity contribution in [1.82, 2.24) is 0 Å². The number of carboxylic acids is 1. The molecule has 1 atom stereocenters. The monoisotopic (exact) mass is 414 g/mol. The Kier molecular flexibility index (Phi) is 5.90. The second-order valence-electron chi connectivity index (χ2n) is 8.04. The molecule has 0 saturated heterocycles. The Morgan fingerprint density at radius 2 is 2.10 bits per heavy atom. The van der Waals surface area contributed by atoms with E-state index in [0.29, 0.717) is 11.6 Å². The van der Waals surface area contributed by atoms with Crippen molar-refractivity contribution < 1.29 is 14.6 Å². The Morgan fingerprint density at radius 3 is 2.72 bits per heavy atom. The molecule has 0 aliphatic carbocycles. The minimum Gasteiger partial charge on any atom is -0.496 e. The SMILES string of the molecule is CCN1c2cc(OC)c(C=Nc3ccc(Cl)c(C(=O)O)c3)cc2C(C)CC1(C)C. The summed E-state index contributed by atoms with van der Waals surface area (Å²) in [7, 11) is 1.65. The van der Waals surface area contributed by atoms with Gasteiger partial charge in [0.1, 0.15) is 5.75 Å². The number of rotatable bonds is 5. The number of methoxy groups -OCH3 is 1. The van der Waals surface area contributed by atoms with E-state index in [4.69, 9.17) is 16.3 Å². The number of aromatic carboxylic acids is 1. The van der Waals surface area contributed by atoms with Crippen LogP contribution < -0.4 is 9.64 Å². The van der Waals surface area contributed by atoms with Crippen LogP contribution in [-0.2, 0) is 0 Å². The zero-order valence-electron chi connectivity index (χ0n) is 17.5. The normalized spacial score (nSPS) is 18.0. The van der Waals surface area contributed by atoms with Crippen LogP contribution in [0.1, 0.15) is 61.5 Å². The quantitative estimate of drug-likeness (QED) is 0.618. The summed E-state index contributed by atoms with van der Waals surface area (Å²) in [5, 5.41) is 9.44. The second-order valence-corrected chi connectivity index (χ2v) is 8.45.